The minimum absolute atomic E-state index is 0.536. The molecular weight excluding hydrogens is 229 g/mol. The molecule has 0 bridgehead atoms. The maximum absolute atomic E-state index is 12.9. The average Bonchev–Trinajstić information content (AvgIpc) is 2.82. The molecule has 0 aliphatic carbocycles. The molecule has 0 radical (unpaired) electrons. The Morgan fingerprint density at radius 1 is 1.11 bits per heavy atom. The molecule has 1 saturated heterocycles. The summed E-state index contributed by atoms with van der Waals surface area (Å²) in [5.41, 5.74) is 2.55. The van der Waals surface area contributed by atoms with Gasteiger partial charge in [0.2, 0.25) is 0 Å². The highest BCUT2D eigenvalue weighted by Crippen LogP contribution is 2.18. The molecule has 3 nitrogen and oxygen atoms in total. The highest BCUT2D eigenvalue weighted by molar-refractivity contribution is 5.83. The topological polar surface area (TPSA) is 22.3 Å². The van der Waals surface area contributed by atoms with Crippen LogP contribution >= 0.6 is 0 Å². The predicted octanol–water partition coefficient (Wildman–Crippen LogP) is 2.21. The van der Waals surface area contributed by atoms with Gasteiger partial charge in [-0.1, -0.05) is 18.2 Å². The molecule has 2 heterocycles. The quantitative estimate of drug-likeness (QED) is 0.840. The summed E-state index contributed by atoms with van der Waals surface area (Å²) in [4.78, 5) is 5.63. The average molecular weight is 247 g/mol. The third kappa shape index (κ3) is 2.40. The summed E-state index contributed by atoms with van der Waals surface area (Å²) in [5.74, 6) is 0. The van der Waals surface area contributed by atoms with Gasteiger partial charge in [-0.15, -0.1) is 9.60 Å². The van der Waals surface area contributed by atoms with E-state index in [9.17, 15) is 4.48 Å². The van der Waals surface area contributed by atoms with Gasteiger partial charge in [-0.3, -0.25) is 0 Å². The number of H-pyrrole nitrogens is 1. The molecule has 1 fully saturated rings. The molecule has 1 aromatic carbocycles. The van der Waals surface area contributed by atoms with E-state index in [0.29, 0.717) is 13.1 Å². The molecule has 0 unspecified atom stereocenters. The Hall–Kier alpha value is -1.39. The number of nitrogens with zero attached hydrogens (tertiary/aromatic N) is 2. The highest BCUT2D eigenvalue weighted by atomic mass is 19.2. The van der Waals surface area contributed by atoms with Crippen molar-refractivity contribution in [2.45, 2.75) is 6.42 Å². The van der Waals surface area contributed by atoms with Crippen molar-refractivity contribution in [3.8, 4) is 0 Å². The summed E-state index contributed by atoms with van der Waals surface area (Å²) in [5, 5.41) is 2.21. The molecule has 1 aliphatic rings. The fourth-order valence-electron chi connectivity index (χ4n) is 2.56. The van der Waals surface area contributed by atoms with Gasteiger partial charge in [0.15, 0.2) is 0 Å². The van der Waals surface area contributed by atoms with Gasteiger partial charge in [0.25, 0.3) is 0 Å². The maximum atomic E-state index is 12.9. The minimum atomic E-state index is 0.536. The van der Waals surface area contributed by atoms with Crippen LogP contribution in [0.2, 0.25) is 0 Å². The van der Waals surface area contributed by atoms with Gasteiger partial charge < -0.3 is 9.88 Å². The zero-order valence-electron chi connectivity index (χ0n) is 10.4. The van der Waals surface area contributed by atoms with Crippen LogP contribution in [-0.2, 0) is 6.42 Å². The largest absolute Gasteiger partial charge is 0.361 e. The van der Waals surface area contributed by atoms with E-state index in [1.807, 2.05) is 6.07 Å². The van der Waals surface area contributed by atoms with Gasteiger partial charge >= 0.3 is 0 Å². The number of halogens is 1. The normalized spacial score (nSPS) is 18.5. The summed E-state index contributed by atoms with van der Waals surface area (Å²) < 4.78 is 12.9. The lowest BCUT2D eigenvalue weighted by Crippen LogP contribution is -2.43. The lowest BCUT2D eigenvalue weighted by Gasteiger charge is -2.29. The molecular formula is C14H18FN3. The van der Waals surface area contributed by atoms with Crippen molar-refractivity contribution >= 4 is 10.9 Å². The van der Waals surface area contributed by atoms with Crippen LogP contribution in [0.1, 0.15) is 5.56 Å². The van der Waals surface area contributed by atoms with Gasteiger partial charge in [0, 0.05) is 49.8 Å². The van der Waals surface area contributed by atoms with E-state index in [1.54, 1.807) is 0 Å². The van der Waals surface area contributed by atoms with Gasteiger partial charge in [-0.05, 0) is 18.1 Å². The number of hydrogen-bond donors (Lipinski definition) is 1. The van der Waals surface area contributed by atoms with Gasteiger partial charge in [-0.25, -0.2) is 0 Å². The summed E-state index contributed by atoms with van der Waals surface area (Å²) in [7, 11) is 0. The van der Waals surface area contributed by atoms with Crippen LogP contribution in [0, 0.1) is 0 Å². The zero-order valence-corrected chi connectivity index (χ0v) is 10.4. The Bertz CT molecular complexity index is 514. The number of para-hydroxylation sites is 1. The van der Waals surface area contributed by atoms with Crippen LogP contribution in [0.4, 0.5) is 4.48 Å². The van der Waals surface area contributed by atoms with Crippen LogP contribution in [0.5, 0.6) is 0 Å². The van der Waals surface area contributed by atoms with Crippen molar-refractivity contribution < 1.29 is 4.48 Å². The van der Waals surface area contributed by atoms with E-state index < -0.39 is 0 Å². The Balaban J connectivity index is 1.63. The second kappa shape index (κ2) is 5.08. The smallest absolute Gasteiger partial charge is 0.0456 e. The van der Waals surface area contributed by atoms with E-state index in [4.69, 9.17) is 0 Å². The van der Waals surface area contributed by atoms with Gasteiger partial charge in [0.05, 0.1) is 0 Å². The Morgan fingerprint density at radius 2 is 1.89 bits per heavy atom. The number of aromatic amines is 1. The Morgan fingerprint density at radius 3 is 2.72 bits per heavy atom. The number of nitrogens with one attached hydrogen (secondary N) is 1. The summed E-state index contributed by atoms with van der Waals surface area (Å²) in [6.45, 7) is 3.75. The second-order valence-electron chi connectivity index (χ2n) is 4.86. The number of benzene rings is 1. The van der Waals surface area contributed by atoms with Crippen LogP contribution in [0.3, 0.4) is 0 Å². The number of fused-ring (bicyclic) bond motifs is 1. The minimum Gasteiger partial charge on any atom is -0.361 e. The lowest BCUT2D eigenvalue weighted by atomic mass is 10.1. The fourth-order valence-corrected chi connectivity index (χ4v) is 2.56. The molecule has 0 atom stereocenters. The molecule has 1 aliphatic heterocycles. The maximum Gasteiger partial charge on any atom is 0.0456 e. The van der Waals surface area contributed by atoms with Gasteiger partial charge in [0.1, 0.15) is 0 Å². The Kier molecular flexibility index (Phi) is 3.30. The van der Waals surface area contributed by atoms with Crippen molar-refractivity contribution in [3.63, 3.8) is 0 Å². The lowest BCUT2D eigenvalue weighted by molar-refractivity contribution is -0.0211. The van der Waals surface area contributed by atoms with Crippen molar-refractivity contribution in [2.75, 3.05) is 32.7 Å². The van der Waals surface area contributed by atoms with Crippen LogP contribution < -0.4 is 0 Å². The molecule has 3 rings (SSSR count). The molecule has 1 N–H and O–H groups in total. The van der Waals surface area contributed by atoms with Crippen LogP contribution in [0.15, 0.2) is 30.5 Å². The molecule has 96 valence electrons. The van der Waals surface area contributed by atoms with Crippen LogP contribution in [-0.4, -0.2) is 47.7 Å². The first-order chi connectivity index (χ1) is 8.83. The molecule has 1 aromatic heterocycles. The van der Waals surface area contributed by atoms with E-state index in [2.05, 4.69) is 34.3 Å². The van der Waals surface area contributed by atoms with E-state index in [0.717, 1.165) is 31.2 Å². The number of hydrogen-bond acceptors (Lipinski definition) is 2. The van der Waals surface area contributed by atoms with Crippen LogP contribution in [0.25, 0.3) is 10.9 Å². The highest BCUT2D eigenvalue weighted by Gasteiger charge is 2.16. The third-order valence-electron chi connectivity index (χ3n) is 3.69. The predicted molar refractivity (Wildman–Crippen MR) is 71.1 cm³/mol. The molecule has 0 saturated carbocycles. The summed E-state index contributed by atoms with van der Waals surface area (Å²) in [6.07, 6.45) is 3.12. The molecule has 2 aromatic rings. The summed E-state index contributed by atoms with van der Waals surface area (Å²) >= 11 is 0. The first kappa shape index (κ1) is 11.7. The van der Waals surface area contributed by atoms with Crippen molar-refractivity contribution in [3.05, 3.63) is 36.0 Å². The number of piperazine rings is 1. The standard InChI is InChI=1S/C14H18FN3/c15-18-9-7-17(8-10-18)6-5-12-11-16-14-4-2-1-3-13(12)14/h1-4,11,16H,5-10H2. The van der Waals surface area contributed by atoms with Crippen molar-refractivity contribution in [1.29, 1.82) is 0 Å². The van der Waals surface area contributed by atoms with Crippen molar-refractivity contribution in [1.82, 2.24) is 15.0 Å². The third-order valence-corrected chi connectivity index (χ3v) is 3.69. The second-order valence-corrected chi connectivity index (χ2v) is 4.86. The molecule has 0 spiro atoms. The molecule has 0 amide bonds. The molecule has 4 heteroatoms. The summed E-state index contributed by atoms with van der Waals surface area (Å²) in [6, 6.07) is 8.37. The van der Waals surface area contributed by atoms with Gasteiger partial charge in [-0.2, -0.15) is 0 Å². The zero-order chi connectivity index (χ0) is 12.4. The Labute approximate surface area is 106 Å². The van der Waals surface area contributed by atoms with E-state index >= 15 is 0 Å². The van der Waals surface area contributed by atoms with Crippen molar-refractivity contribution in [2.24, 2.45) is 0 Å². The first-order valence-corrected chi connectivity index (χ1v) is 6.51. The van der Waals surface area contributed by atoms with E-state index in [1.165, 1.54) is 16.5 Å². The number of rotatable bonds is 3. The SMILES string of the molecule is FN1CCN(CCc2c[nH]c3ccccc23)CC1. The number of aromatic nitrogens is 1. The first-order valence-electron chi connectivity index (χ1n) is 6.51. The monoisotopic (exact) mass is 247 g/mol. The van der Waals surface area contributed by atoms with E-state index in [-0.39, 0.29) is 0 Å². The molecule has 18 heavy (non-hydrogen) atoms. The fraction of sp³-hybridized carbons (Fsp3) is 0.429.